The molecule has 2 nitrogen and oxygen atoms in total. The molecule has 0 amide bonds. The Labute approximate surface area is 122 Å². The van der Waals surface area contributed by atoms with Gasteiger partial charge in [-0.05, 0) is 62.8 Å². The smallest absolute Gasteiger partial charge is 0.0480 e. The fourth-order valence-corrected chi connectivity index (χ4v) is 3.31. The van der Waals surface area contributed by atoms with Gasteiger partial charge in [0.05, 0.1) is 0 Å². The molecule has 0 radical (unpaired) electrons. The summed E-state index contributed by atoms with van der Waals surface area (Å²) in [5, 5.41) is 1.36. The maximum atomic E-state index is 2.62. The zero-order valence-electron chi connectivity index (χ0n) is 12.4. The highest BCUT2D eigenvalue weighted by atomic mass is 15.1. The van der Waals surface area contributed by atoms with Crippen molar-refractivity contribution >= 4 is 10.9 Å². The molecule has 1 aromatic heterocycles. The van der Waals surface area contributed by atoms with E-state index in [0.29, 0.717) is 0 Å². The molecule has 1 fully saturated rings. The lowest BCUT2D eigenvalue weighted by atomic mass is 10.2. The van der Waals surface area contributed by atoms with Gasteiger partial charge in [-0.25, -0.2) is 0 Å². The molecule has 3 rings (SSSR count). The van der Waals surface area contributed by atoms with Crippen LogP contribution in [0.4, 0.5) is 0 Å². The average Bonchev–Trinajstić information content (AvgIpc) is 3.12. The molecular weight excluding hydrogens is 244 g/mol. The minimum absolute atomic E-state index is 1.16. The molecule has 0 unspecified atom stereocenters. The van der Waals surface area contributed by atoms with Crippen LogP contribution in [0.5, 0.6) is 0 Å². The first-order valence-electron chi connectivity index (χ1n) is 8.20. The molecule has 1 aromatic carbocycles. The Bertz CT molecular complexity index is 523. The maximum Gasteiger partial charge on any atom is 0.0480 e. The predicted octanol–water partition coefficient (Wildman–Crippen LogP) is 4.30. The SMILES string of the molecule is c1ccc2c(c1)ccn2CCCCCCN1CCCC1. The second kappa shape index (κ2) is 6.94. The number of fused-ring (bicyclic) bond motifs is 1. The second-order valence-corrected chi connectivity index (χ2v) is 6.03. The van der Waals surface area contributed by atoms with Crippen LogP contribution in [0.2, 0.25) is 0 Å². The fraction of sp³-hybridized carbons (Fsp3) is 0.556. The number of hydrogen-bond acceptors (Lipinski definition) is 1. The van der Waals surface area contributed by atoms with E-state index < -0.39 is 0 Å². The van der Waals surface area contributed by atoms with Crippen molar-refractivity contribution in [2.75, 3.05) is 19.6 Å². The molecule has 0 bridgehead atoms. The number of rotatable bonds is 7. The van der Waals surface area contributed by atoms with Gasteiger partial charge in [0, 0.05) is 18.3 Å². The van der Waals surface area contributed by atoms with Crippen LogP contribution in [0, 0.1) is 0 Å². The van der Waals surface area contributed by atoms with E-state index >= 15 is 0 Å². The summed E-state index contributed by atoms with van der Waals surface area (Å²) in [6.07, 6.45) is 10.5. The molecule has 20 heavy (non-hydrogen) atoms. The van der Waals surface area contributed by atoms with E-state index in [0.717, 1.165) is 6.54 Å². The largest absolute Gasteiger partial charge is 0.347 e. The van der Waals surface area contributed by atoms with Crippen molar-refractivity contribution in [3.8, 4) is 0 Å². The van der Waals surface area contributed by atoms with Crippen LogP contribution in [-0.2, 0) is 6.54 Å². The quantitative estimate of drug-likeness (QED) is 0.681. The fourth-order valence-electron chi connectivity index (χ4n) is 3.31. The normalized spacial score (nSPS) is 16.2. The van der Waals surface area contributed by atoms with Gasteiger partial charge in [-0.1, -0.05) is 31.0 Å². The summed E-state index contributed by atoms with van der Waals surface area (Å²) in [5.74, 6) is 0. The van der Waals surface area contributed by atoms with Crippen molar-refractivity contribution in [2.24, 2.45) is 0 Å². The molecule has 2 heteroatoms. The molecule has 1 aliphatic heterocycles. The second-order valence-electron chi connectivity index (χ2n) is 6.03. The topological polar surface area (TPSA) is 8.17 Å². The summed E-state index contributed by atoms with van der Waals surface area (Å²) in [7, 11) is 0. The molecule has 2 aromatic rings. The Hall–Kier alpha value is -1.28. The Morgan fingerprint density at radius 3 is 2.40 bits per heavy atom. The van der Waals surface area contributed by atoms with E-state index in [4.69, 9.17) is 0 Å². The third-order valence-corrected chi connectivity index (χ3v) is 4.50. The maximum absolute atomic E-state index is 2.62. The number of likely N-dealkylation sites (tertiary alicyclic amines) is 1. The lowest BCUT2D eigenvalue weighted by molar-refractivity contribution is 0.327. The van der Waals surface area contributed by atoms with Crippen LogP contribution in [0.15, 0.2) is 36.5 Å². The zero-order chi connectivity index (χ0) is 13.6. The van der Waals surface area contributed by atoms with E-state index in [9.17, 15) is 0 Å². The van der Waals surface area contributed by atoms with Crippen molar-refractivity contribution in [1.29, 1.82) is 0 Å². The molecule has 0 aliphatic carbocycles. The molecule has 2 heterocycles. The van der Waals surface area contributed by atoms with Crippen LogP contribution >= 0.6 is 0 Å². The lowest BCUT2D eigenvalue weighted by Gasteiger charge is -2.13. The summed E-state index contributed by atoms with van der Waals surface area (Å²) >= 11 is 0. The summed E-state index contributed by atoms with van der Waals surface area (Å²) < 4.78 is 2.40. The standard InChI is InChI=1S/C18H26N2/c1(5-12-19-13-7-8-14-19)2-6-15-20-16-11-17-9-3-4-10-18(17)20/h3-4,9-11,16H,1-2,5-8,12-15H2. The van der Waals surface area contributed by atoms with E-state index in [2.05, 4.69) is 46.0 Å². The highest BCUT2D eigenvalue weighted by Gasteiger charge is 2.09. The van der Waals surface area contributed by atoms with Crippen LogP contribution in [0.25, 0.3) is 10.9 Å². The van der Waals surface area contributed by atoms with Crippen molar-refractivity contribution in [2.45, 2.75) is 45.1 Å². The third-order valence-electron chi connectivity index (χ3n) is 4.50. The molecule has 1 aliphatic rings. The first-order chi connectivity index (χ1) is 9.93. The minimum Gasteiger partial charge on any atom is -0.347 e. The van der Waals surface area contributed by atoms with Crippen molar-refractivity contribution in [3.05, 3.63) is 36.5 Å². The lowest BCUT2D eigenvalue weighted by Crippen LogP contribution is -2.20. The molecule has 0 saturated carbocycles. The zero-order valence-corrected chi connectivity index (χ0v) is 12.4. The van der Waals surface area contributed by atoms with E-state index in [1.807, 2.05) is 0 Å². The van der Waals surface area contributed by atoms with Gasteiger partial charge >= 0.3 is 0 Å². The number of unbranched alkanes of at least 4 members (excludes halogenated alkanes) is 3. The molecular formula is C18H26N2. The van der Waals surface area contributed by atoms with Gasteiger partial charge in [0.15, 0.2) is 0 Å². The number of nitrogens with zero attached hydrogens (tertiary/aromatic N) is 2. The third kappa shape index (κ3) is 3.43. The number of para-hydroxylation sites is 1. The Morgan fingerprint density at radius 2 is 1.55 bits per heavy atom. The van der Waals surface area contributed by atoms with E-state index in [-0.39, 0.29) is 0 Å². The Morgan fingerprint density at radius 1 is 0.800 bits per heavy atom. The first-order valence-corrected chi connectivity index (χ1v) is 8.20. The van der Waals surface area contributed by atoms with Gasteiger partial charge in [-0.15, -0.1) is 0 Å². The summed E-state index contributed by atoms with van der Waals surface area (Å²) in [6, 6.07) is 10.9. The van der Waals surface area contributed by atoms with Crippen molar-refractivity contribution in [3.63, 3.8) is 0 Å². The first kappa shape index (κ1) is 13.7. The molecule has 0 spiro atoms. The molecule has 1 saturated heterocycles. The van der Waals surface area contributed by atoms with Crippen LogP contribution in [0.1, 0.15) is 38.5 Å². The Kier molecular flexibility index (Phi) is 4.75. The highest BCUT2D eigenvalue weighted by Crippen LogP contribution is 2.16. The van der Waals surface area contributed by atoms with Gasteiger partial charge < -0.3 is 9.47 Å². The number of aryl methyl sites for hydroxylation is 1. The van der Waals surface area contributed by atoms with Gasteiger partial charge in [0.25, 0.3) is 0 Å². The molecule has 0 N–H and O–H groups in total. The van der Waals surface area contributed by atoms with Gasteiger partial charge in [-0.3, -0.25) is 0 Å². The summed E-state index contributed by atoms with van der Waals surface area (Å²) in [5.41, 5.74) is 1.38. The van der Waals surface area contributed by atoms with E-state index in [1.165, 1.54) is 69.1 Å². The van der Waals surface area contributed by atoms with Crippen LogP contribution in [-0.4, -0.2) is 29.1 Å². The van der Waals surface area contributed by atoms with Gasteiger partial charge in [0.2, 0.25) is 0 Å². The monoisotopic (exact) mass is 270 g/mol. The van der Waals surface area contributed by atoms with Crippen LogP contribution < -0.4 is 0 Å². The van der Waals surface area contributed by atoms with Gasteiger partial charge in [0.1, 0.15) is 0 Å². The molecule has 108 valence electrons. The summed E-state index contributed by atoms with van der Waals surface area (Å²) in [4.78, 5) is 2.62. The number of hydrogen-bond donors (Lipinski definition) is 0. The predicted molar refractivity (Wildman–Crippen MR) is 86.1 cm³/mol. The number of benzene rings is 1. The van der Waals surface area contributed by atoms with E-state index in [1.54, 1.807) is 0 Å². The highest BCUT2D eigenvalue weighted by molar-refractivity contribution is 5.79. The average molecular weight is 270 g/mol. The molecule has 0 atom stereocenters. The van der Waals surface area contributed by atoms with Gasteiger partial charge in [-0.2, -0.15) is 0 Å². The summed E-state index contributed by atoms with van der Waals surface area (Å²) in [6.45, 7) is 5.17. The Balaban J connectivity index is 1.35. The minimum atomic E-state index is 1.16. The van der Waals surface area contributed by atoms with Crippen LogP contribution in [0.3, 0.4) is 0 Å². The van der Waals surface area contributed by atoms with Crippen molar-refractivity contribution < 1.29 is 0 Å². The number of aromatic nitrogens is 1. The van der Waals surface area contributed by atoms with Crippen molar-refractivity contribution in [1.82, 2.24) is 9.47 Å².